The monoisotopic (exact) mass is 324 g/mol. The molecule has 0 amide bonds. The van der Waals surface area contributed by atoms with Crippen molar-refractivity contribution in [3.63, 3.8) is 0 Å². The largest absolute Gasteiger partial charge is 0.497 e. The molecule has 4 heteroatoms. The topological polar surface area (TPSA) is 55.8 Å². The van der Waals surface area contributed by atoms with E-state index < -0.39 is 5.97 Å². The third-order valence-electron chi connectivity index (χ3n) is 3.45. The molecule has 0 spiro atoms. The highest BCUT2D eigenvalue weighted by molar-refractivity contribution is 5.82. The van der Waals surface area contributed by atoms with Crippen LogP contribution in [0.15, 0.2) is 66.8 Å². The third-order valence-corrected chi connectivity index (χ3v) is 3.45. The van der Waals surface area contributed by atoms with E-state index in [9.17, 15) is 4.79 Å². The van der Waals surface area contributed by atoms with Crippen LogP contribution in [0.4, 0.5) is 0 Å². The minimum atomic E-state index is -0.857. The summed E-state index contributed by atoms with van der Waals surface area (Å²) >= 11 is 0. The quantitative estimate of drug-likeness (QED) is 0.777. The molecule has 0 aliphatic carbocycles. The number of allylic oxidation sites excluding steroid dienone is 2. The second-order valence-corrected chi connectivity index (χ2v) is 5.07. The Hall–Kier alpha value is -3.01. The van der Waals surface area contributed by atoms with Crippen LogP contribution in [0.5, 0.6) is 11.5 Å². The zero-order valence-electron chi connectivity index (χ0n) is 13.7. The van der Waals surface area contributed by atoms with E-state index in [2.05, 4.69) is 0 Å². The van der Waals surface area contributed by atoms with E-state index in [4.69, 9.17) is 14.6 Å². The fourth-order valence-electron chi connectivity index (χ4n) is 2.27. The average molecular weight is 324 g/mol. The molecular formula is C20H20O4. The van der Waals surface area contributed by atoms with Crippen LogP contribution in [0.2, 0.25) is 0 Å². The molecule has 1 N–H and O–H groups in total. The number of carbonyl (C=O) groups is 1. The number of methoxy groups -OCH3 is 2. The second-order valence-electron chi connectivity index (χ2n) is 5.07. The predicted octanol–water partition coefficient (Wildman–Crippen LogP) is 4.17. The van der Waals surface area contributed by atoms with E-state index in [1.807, 2.05) is 54.6 Å². The van der Waals surface area contributed by atoms with E-state index in [1.54, 1.807) is 26.4 Å². The maximum Gasteiger partial charge on any atom is 0.307 e. The van der Waals surface area contributed by atoms with Gasteiger partial charge in [-0.25, -0.2) is 0 Å². The van der Waals surface area contributed by atoms with Crippen LogP contribution in [0.25, 0.3) is 5.57 Å². The van der Waals surface area contributed by atoms with Gasteiger partial charge in [0.1, 0.15) is 11.5 Å². The van der Waals surface area contributed by atoms with Crippen molar-refractivity contribution in [2.24, 2.45) is 0 Å². The summed E-state index contributed by atoms with van der Waals surface area (Å²) in [5, 5.41) is 8.74. The SMILES string of the molecule is COc1cccc(C(=C/C=C\CC(=O)O)c2cccc(OC)c2)c1. The molecule has 0 saturated heterocycles. The Labute approximate surface area is 141 Å². The summed E-state index contributed by atoms with van der Waals surface area (Å²) in [5.41, 5.74) is 2.90. The van der Waals surface area contributed by atoms with Crippen molar-refractivity contribution in [3.05, 3.63) is 77.9 Å². The number of carboxylic acid groups (broad SMARTS) is 1. The van der Waals surface area contributed by atoms with Crippen LogP contribution >= 0.6 is 0 Å². The molecular weight excluding hydrogens is 304 g/mol. The third kappa shape index (κ3) is 4.74. The van der Waals surface area contributed by atoms with Gasteiger partial charge in [-0.3, -0.25) is 4.79 Å². The van der Waals surface area contributed by atoms with Crippen LogP contribution < -0.4 is 9.47 Å². The smallest absolute Gasteiger partial charge is 0.307 e. The number of benzene rings is 2. The number of hydrogen-bond acceptors (Lipinski definition) is 3. The highest BCUT2D eigenvalue weighted by Gasteiger charge is 2.07. The van der Waals surface area contributed by atoms with Crippen LogP contribution in [0.3, 0.4) is 0 Å². The maximum atomic E-state index is 10.6. The van der Waals surface area contributed by atoms with Gasteiger partial charge in [-0.15, -0.1) is 0 Å². The molecule has 0 aromatic heterocycles. The van der Waals surface area contributed by atoms with Gasteiger partial charge in [-0.2, -0.15) is 0 Å². The van der Waals surface area contributed by atoms with Gasteiger partial charge in [-0.1, -0.05) is 42.5 Å². The molecule has 0 unspecified atom stereocenters. The Morgan fingerprint density at radius 2 is 1.54 bits per heavy atom. The summed E-state index contributed by atoms with van der Waals surface area (Å²) in [4.78, 5) is 10.6. The highest BCUT2D eigenvalue weighted by atomic mass is 16.5. The molecule has 2 rings (SSSR count). The molecule has 2 aromatic carbocycles. The summed E-state index contributed by atoms with van der Waals surface area (Å²) in [7, 11) is 3.25. The van der Waals surface area contributed by atoms with Crippen LogP contribution in [-0.2, 0) is 4.79 Å². The minimum absolute atomic E-state index is 0.0139. The first-order valence-electron chi connectivity index (χ1n) is 7.51. The standard InChI is InChI=1S/C20H20O4/c1-23-17-9-5-7-15(13-17)19(11-3-4-12-20(21)22)16-8-6-10-18(14-16)24-2/h3-11,13-14H,12H2,1-2H3,(H,21,22)/b4-3-. The van der Waals surface area contributed by atoms with Crippen LogP contribution in [-0.4, -0.2) is 25.3 Å². The summed E-state index contributed by atoms with van der Waals surface area (Å²) < 4.78 is 10.6. The van der Waals surface area contributed by atoms with Gasteiger partial charge in [0.15, 0.2) is 0 Å². The molecule has 0 aliphatic heterocycles. The summed E-state index contributed by atoms with van der Waals surface area (Å²) in [6.45, 7) is 0. The van der Waals surface area contributed by atoms with E-state index in [0.717, 1.165) is 28.2 Å². The molecule has 0 saturated carbocycles. The Morgan fingerprint density at radius 3 is 2.00 bits per heavy atom. The number of aliphatic carboxylic acids is 1. The first kappa shape index (κ1) is 17.3. The van der Waals surface area contributed by atoms with Gasteiger partial charge < -0.3 is 14.6 Å². The lowest BCUT2D eigenvalue weighted by atomic mass is 9.97. The normalized spacial score (nSPS) is 10.4. The first-order chi connectivity index (χ1) is 11.6. The van der Waals surface area contributed by atoms with Gasteiger partial charge in [-0.05, 0) is 41.0 Å². The Bertz CT molecular complexity index is 710. The lowest BCUT2D eigenvalue weighted by Gasteiger charge is -2.11. The maximum absolute atomic E-state index is 10.6. The molecule has 4 nitrogen and oxygen atoms in total. The summed E-state index contributed by atoms with van der Waals surface area (Å²) in [6, 6.07) is 15.5. The number of carboxylic acids is 1. The molecule has 0 heterocycles. The molecule has 0 aliphatic rings. The van der Waals surface area contributed by atoms with E-state index in [1.165, 1.54) is 0 Å². The van der Waals surface area contributed by atoms with Crippen molar-refractivity contribution in [2.75, 3.05) is 14.2 Å². The predicted molar refractivity (Wildman–Crippen MR) is 94.5 cm³/mol. The minimum Gasteiger partial charge on any atom is -0.497 e. The molecule has 24 heavy (non-hydrogen) atoms. The molecule has 2 aromatic rings. The van der Waals surface area contributed by atoms with Gasteiger partial charge in [0, 0.05) is 0 Å². The molecule has 0 bridgehead atoms. The van der Waals surface area contributed by atoms with E-state index >= 15 is 0 Å². The number of ether oxygens (including phenoxy) is 2. The Kier molecular flexibility index (Phi) is 6.20. The Balaban J connectivity index is 2.45. The van der Waals surface area contributed by atoms with Crippen molar-refractivity contribution < 1.29 is 19.4 Å². The fraction of sp³-hybridized carbons (Fsp3) is 0.150. The lowest BCUT2D eigenvalue weighted by Crippen LogP contribution is -1.92. The molecule has 0 atom stereocenters. The zero-order chi connectivity index (χ0) is 17.4. The van der Waals surface area contributed by atoms with Crippen LogP contribution in [0.1, 0.15) is 17.5 Å². The van der Waals surface area contributed by atoms with E-state index in [-0.39, 0.29) is 6.42 Å². The van der Waals surface area contributed by atoms with Gasteiger partial charge in [0.25, 0.3) is 0 Å². The van der Waals surface area contributed by atoms with Crippen molar-refractivity contribution in [1.82, 2.24) is 0 Å². The van der Waals surface area contributed by atoms with Gasteiger partial charge >= 0.3 is 5.97 Å². The summed E-state index contributed by atoms with van der Waals surface area (Å²) in [5.74, 6) is 0.663. The van der Waals surface area contributed by atoms with Gasteiger partial charge in [0.2, 0.25) is 0 Å². The molecule has 0 fully saturated rings. The molecule has 124 valence electrons. The van der Waals surface area contributed by atoms with Crippen molar-refractivity contribution in [3.8, 4) is 11.5 Å². The van der Waals surface area contributed by atoms with Crippen molar-refractivity contribution in [2.45, 2.75) is 6.42 Å². The second kappa shape index (κ2) is 8.58. The van der Waals surface area contributed by atoms with Crippen molar-refractivity contribution in [1.29, 1.82) is 0 Å². The lowest BCUT2D eigenvalue weighted by molar-refractivity contribution is -0.136. The van der Waals surface area contributed by atoms with Gasteiger partial charge in [0.05, 0.1) is 20.6 Å². The van der Waals surface area contributed by atoms with E-state index in [0.29, 0.717) is 0 Å². The Morgan fingerprint density at radius 1 is 1.00 bits per heavy atom. The van der Waals surface area contributed by atoms with Crippen molar-refractivity contribution >= 4 is 11.5 Å². The summed E-state index contributed by atoms with van der Waals surface area (Å²) in [6.07, 6.45) is 5.25. The molecule has 0 radical (unpaired) electrons. The fourth-order valence-corrected chi connectivity index (χ4v) is 2.27. The number of rotatable bonds is 7. The number of hydrogen-bond donors (Lipinski definition) is 1. The first-order valence-corrected chi connectivity index (χ1v) is 7.51. The highest BCUT2D eigenvalue weighted by Crippen LogP contribution is 2.28. The van der Waals surface area contributed by atoms with Crippen LogP contribution in [0, 0.1) is 0 Å². The average Bonchev–Trinajstić information content (AvgIpc) is 2.61. The zero-order valence-corrected chi connectivity index (χ0v) is 13.7.